The molecule has 0 aliphatic carbocycles. The number of hydrogen-bond donors (Lipinski definition) is 2. The summed E-state index contributed by atoms with van der Waals surface area (Å²) in [6.45, 7) is 7.41. The highest BCUT2D eigenvalue weighted by Crippen LogP contribution is 2.35. The average molecular weight is 552 g/mol. The van der Waals surface area contributed by atoms with E-state index in [1.807, 2.05) is 54.6 Å². The maximum atomic E-state index is 13.4. The van der Waals surface area contributed by atoms with Gasteiger partial charge < -0.3 is 24.7 Å². The Kier molecular flexibility index (Phi) is 8.03. The summed E-state index contributed by atoms with van der Waals surface area (Å²) in [5, 5.41) is 8.06. The number of nitrogens with zero attached hydrogens (tertiary/aromatic N) is 1. The molecule has 0 saturated heterocycles. The molecule has 41 heavy (non-hydrogen) atoms. The minimum Gasteiger partial charge on any atom is -0.458 e. The molecule has 0 bridgehead atoms. The van der Waals surface area contributed by atoms with Crippen molar-refractivity contribution >= 4 is 22.8 Å². The number of rotatable bonds is 10. The van der Waals surface area contributed by atoms with Crippen LogP contribution in [0.3, 0.4) is 0 Å². The summed E-state index contributed by atoms with van der Waals surface area (Å²) in [7, 11) is 0. The molecule has 2 heterocycles. The molecule has 0 radical (unpaired) electrons. The number of aryl methyl sites for hydroxylation is 4. The molecule has 0 saturated carbocycles. The highest BCUT2D eigenvalue weighted by molar-refractivity contribution is 5.83. The molecule has 8 heteroatoms. The average Bonchev–Trinajstić information content (AvgIpc) is 3.51. The van der Waals surface area contributed by atoms with Crippen molar-refractivity contribution in [3.8, 4) is 0 Å². The Morgan fingerprint density at radius 2 is 1.76 bits per heavy atom. The van der Waals surface area contributed by atoms with Gasteiger partial charge in [0.1, 0.15) is 29.8 Å². The summed E-state index contributed by atoms with van der Waals surface area (Å²) >= 11 is 0. The quantitative estimate of drug-likeness (QED) is 0.230. The van der Waals surface area contributed by atoms with E-state index >= 15 is 0 Å². The standard InChI is InChI=1S/C33H33N3O5/c1-19-10-12-26(20(2)14-19)32(24-8-6-5-7-9-24)35-30(38)16-23-11-13-27-25(15-23)17-28(40-27)33(39-18-29(34)37)31-21(3)36-41-22(31)4/h5-15,17,32-33H,16,18H2,1-4H3,(H2,34,37)(H,35,38). The number of nitrogens with two attached hydrogens (primary N) is 1. The first-order chi connectivity index (χ1) is 19.7. The van der Waals surface area contributed by atoms with E-state index in [0.717, 1.165) is 27.6 Å². The highest BCUT2D eigenvalue weighted by atomic mass is 16.5. The molecule has 2 amide bonds. The highest BCUT2D eigenvalue weighted by Gasteiger charge is 2.27. The van der Waals surface area contributed by atoms with Crippen LogP contribution in [0.5, 0.6) is 0 Å². The number of carbonyl (C=O) groups excluding carboxylic acids is 2. The van der Waals surface area contributed by atoms with Gasteiger partial charge in [0.25, 0.3) is 0 Å². The Hall–Kier alpha value is -4.69. The zero-order valence-electron chi connectivity index (χ0n) is 23.6. The van der Waals surface area contributed by atoms with E-state index in [1.54, 1.807) is 13.8 Å². The van der Waals surface area contributed by atoms with Gasteiger partial charge in [0, 0.05) is 5.39 Å². The van der Waals surface area contributed by atoms with Gasteiger partial charge in [-0.25, -0.2) is 0 Å². The topological polar surface area (TPSA) is 121 Å². The molecule has 0 aliphatic heterocycles. The van der Waals surface area contributed by atoms with Crippen molar-refractivity contribution in [2.45, 2.75) is 46.3 Å². The molecule has 5 aromatic rings. The molecule has 2 atom stereocenters. The lowest BCUT2D eigenvalue weighted by atomic mass is 9.93. The molecule has 5 rings (SSSR count). The van der Waals surface area contributed by atoms with E-state index in [1.165, 1.54) is 5.56 Å². The SMILES string of the molecule is Cc1ccc(C(NC(=O)Cc2ccc3oc(C(OCC(N)=O)c4c(C)noc4C)cc3c2)c2ccccc2)c(C)c1. The Labute approximate surface area is 238 Å². The minimum absolute atomic E-state index is 0.0970. The lowest BCUT2D eigenvalue weighted by Crippen LogP contribution is -2.31. The maximum absolute atomic E-state index is 13.4. The summed E-state index contributed by atoms with van der Waals surface area (Å²) in [6.07, 6.45) is -0.534. The number of hydrogen-bond acceptors (Lipinski definition) is 6. The second-order valence-corrected chi connectivity index (χ2v) is 10.4. The van der Waals surface area contributed by atoms with Crippen molar-refractivity contribution in [1.82, 2.24) is 10.5 Å². The molecule has 2 aromatic heterocycles. The number of carbonyl (C=O) groups is 2. The molecule has 3 aromatic carbocycles. The first kappa shape index (κ1) is 27.9. The van der Waals surface area contributed by atoms with E-state index in [0.29, 0.717) is 28.4 Å². The zero-order chi connectivity index (χ0) is 29.1. The summed E-state index contributed by atoms with van der Waals surface area (Å²) in [6, 6.07) is 23.5. The van der Waals surface area contributed by atoms with Crippen LogP contribution in [0.1, 0.15) is 62.7 Å². The van der Waals surface area contributed by atoms with Crippen molar-refractivity contribution in [3.05, 3.63) is 123 Å². The second-order valence-electron chi connectivity index (χ2n) is 10.4. The first-order valence-corrected chi connectivity index (χ1v) is 13.5. The van der Waals surface area contributed by atoms with Gasteiger partial charge in [-0.15, -0.1) is 0 Å². The van der Waals surface area contributed by atoms with Crippen LogP contribution in [-0.4, -0.2) is 23.6 Å². The third-order valence-corrected chi connectivity index (χ3v) is 7.14. The number of fused-ring (bicyclic) bond motifs is 1. The Morgan fingerprint density at radius 3 is 2.44 bits per heavy atom. The second kappa shape index (κ2) is 11.8. The molecular weight excluding hydrogens is 518 g/mol. The monoisotopic (exact) mass is 551 g/mol. The number of nitrogens with one attached hydrogen (secondary N) is 1. The summed E-state index contributed by atoms with van der Waals surface area (Å²) in [4.78, 5) is 24.8. The maximum Gasteiger partial charge on any atom is 0.243 e. The number of amides is 2. The third-order valence-electron chi connectivity index (χ3n) is 7.14. The normalized spacial score (nSPS) is 12.8. The molecular formula is C33H33N3O5. The van der Waals surface area contributed by atoms with Crippen LogP contribution in [-0.2, 0) is 20.7 Å². The number of aromatic nitrogens is 1. The fraction of sp³-hybridized carbons (Fsp3) is 0.242. The Bertz CT molecular complexity index is 1680. The molecule has 0 spiro atoms. The third kappa shape index (κ3) is 6.23. The predicted octanol–water partition coefficient (Wildman–Crippen LogP) is 5.69. The zero-order valence-corrected chi connectivity index (χ0v) is 23.6. The lowest BCUT2D eigenvalue weighted by molar-refractivity contribution is -0.124. The van der Waals surface area contributed by atoms with E-state index in [4.69, 9.17) is 19.4 Å². The van der Waals surface area contributed by atoms with Gasteiger partial charge in [-0.1, -0.05) is 65.3 Å². The Morgan fingerprint density at radius 1 is 0.976 bits per heavy atom. The van der Waals surface area contributed by atoms with Crippen LogP contribution in [0.15, 0.2) is 81.7 Å². The van der Waals surface area contributed by atoms with Crippen LogP contribution < -0.4 is 11.1 Å². The summed E-state index contributed by atoms with van der Waals surface area (Å²) in [5.74, 6) is 0.351. The van der Waals surface area contributed by atoms with Crippen LogP contribution in [0.2, 0.25) is 0 Å². The number of benzene rings is 3. The van der Waals surface area contributed by atoms with Gasteiger partial charge in [-0.2, -0.15) is 0 Å². The van der Waals surface area contributed by atoms with Crippen LogP contribution in [0.25, 0.3) is 11.0 Å². The van der Waals surface area contributed by atoms with Gasteiger partial charge >= 0.3 is 0 Å². The number of primary amides is 1. The van der Waals surface area contributed by atoms with Gasteiger partial charge in [-0.05, 0) is 68.1 Å². The molecule has 210 valence electrons. The molecule has 0 fully saturated rings. The molecule has 2 unspecified atom stereocenters. The van der Waals surface area contributed by atoms with Crippen molar-refractivity contribution in [3.63, 3.8) is 0 Å². The number of ether oxygens (including phenoxy) is 1. The number of furan rings is 1. The molecule has 8 nitrogen and oxygen atoms in total. The molecule has 0 aliphatic rings. The van der Waals surface area contributed by atoms with Crippen LogP contribution in [0.4, 0.5) is 0 Å². The Balaban J connectivity index is 1.40. The van der Waals surface area contributed by atoms with Crippen molar-refractivity contribution in [2.75, 3.05) is 6.61 Å². The van der Waals surface area contributed by atoms with E-state index in [9.17, 15) is 9.59 Å². The summed E-state index contributed by atoms with van der Waals surface area (Å²) in [5.41, 5.74) is 12.5. The van der Waals surface area contributed by atoms with Gasteiger partial charge in [0.15, 0.2) is 0 Å². The van der Waals surface area contributed by atoms with Crippen molar-refractivity contribution < 1.29 is 23.3 Å². The largest absolute Gasteiger partial charge is 0.458 e. The smallest absolute Gasteiger partial charge is 0.243 e. The van der Waals surface area contributed by atoms with Gasteiger partial charge in [0.2, 0.25) is 11.8 Å². The predicted molar refractivity (Wildman–Crippen MR) is 155 cm³/mol. The first-order valence-electron chi connectivity index (χ1n) is 13.5. The summed E-state index contributed by atoms with van der Waals surface area (Å²) < 4.78 is 17.3. The van der Waals surface area contributed by atoms with Gasteiger partial charge in [0.05, 0.1) is 23.7 Å². The fourth-order valence-corrected chi connectivity index (χ4v) is 5.22. The van der Waals surface area contributed by atoms with E-state index in [2.05, 4.69) is 42.5 Å². The lowest BCUT2D eigenvalue weighted by Gasteiger charge is -2.22. The van der Waals surface area contributed by atoms with Crippen LogP contribution >= 0.6 is 0 Å². The molecule has 3 N–H and O–H groups in total. The van der Waals surface area contributed by atoms with E-state index in [-0.39, 0.29) is 25.0 Å². The minimum atomic E-state index is -0.725. The fourth-order valence-electron chi connectivity index (χ4n) is 5.22. The van der Waals surface area contributed by atoms with Crippen molar-refractivity contribution in [2.24, 2.45) is 5.73 Å². The van der Waals surface area contributed by atoms with Crippen LogP contribution in [0, 0.1) is 27.7 Å². The van der Waals surface area contributed by atoms with Gasteiger partial charge in [-0.3, -0.25) is 9.59 Å². The van der Waals surface area contributed by atoms with E-state index < -0.39 is 12.0 Å². The van der Waals surface area contributed by atoms with Crippen molar-refractivity contribution in [1.29, 1.82) is 0 Å².